The highest BCUT2D eigenvalue weighted by molar-refractivity contribution is 6.02. The molecule has 0 heterocycles. The Bertz CT molecular complexity index is 1390. The van der Waals surface area contributed by atoms with Gasteiger partial charge in [-0.2, -0.15) is 0 Å². The maximum absolute atomic E-state index is 12.4. The molecule has 14 heteroatoms. The number of ether oxygens (including phenoxy) is 4. The van der Waals surface area contributed by atoms with Crippen LogP contribution in [-0.4, -0.2) is 47.6 Å². The van der Waals surface area contributed by atoms with Crippen molar-refractivity contribution in [2.45, 2.75) is 79.1 Å². The van der Waals surface area contributed by atoms with Crippen molar-refractivity contribution >= 4 is 59.0 Å². The third-order valence-electron chi connectivity index (χ3n) is 5.97. The second kappa shape index (κ2) is 18.4. The summed E-state index contributed by atoms with van der Waals surface area (Å²) in [5.74, 6) is -5.91. The molecule has 0 aliphatic rings. The molecule has 2 rings (SSSR count). The first-order valence-electron chi connectivity index (χ1n) is 14.4. The third kappa shape index (κ3) is 13.5. The molecule has 46 heavy (non-hydrogen) atoms. The summed E-state index contributed by atoms with van der Waals surface area (Å²) in [6.07, 6.45) is 4.08. The van der Waals surface area contributed by atoms with Crippen LogP contribution in [0.4, 0.5) is 11.4 Å². The summed E-state index contributed by atoms with van der Waals surface area (Å²) in [7, 11) is 0. The van der Waals surface area contributed by atoms with Crippen molar-refractivity contribution in [1.29, 1.82) is 0 Å². The van der Waals surface area contributed by atoms with Crippen molar-refractivity contribution in [3.63, 3.8) is 0 Å². The fraction of sp³-hybridized carbons (Fsp3) is 0.375. The summed E-state index contributed by atoms with van der Waals surface area (Å²) in [5, 5.41) is 4.99. The largest absolute Gasteiger partial charge is 0.426 e. The number of hydrogen-bond donors (Lipinski definition) is 2. The summed E-state index contributed by atoms with van der Waals surface area (Å²) in [6.45, 7) is 4.67. The molecule has 0 atom stereocenters. The molecule has 0 bridgehead atoms. The van der Waals surface area contributed by atoms with Gasteiger partial charge in [-0.05, 0) is 49.2 Å². The van der Waals surface area contributed by atoms with Gasteiger partial charge in [0.1, 0.15) is 22.6 Å². The Morgan fingerprint density at radius 1 is 0.522 bits per heavy atom. The Balaban J connectivity index is 1.77. The van der Waals surface area contributed by atoms with Crippen LogP contribution in [0.15, 0.2) is 36.4 Å². The van der Waals surface area contributed by atoms with Crippen molar-refractivity contribution in [2.75, 3.05) is 10.6 Å². The number of hydrogen-bond acceptors (Lipinski definition) is 12. The van der Waals surface area contributed by atoms with Crippen LogP contribution >= 0.6 is 0 Å². The second-order valence-electron chi connectivity index (χ2n) is 10.1. The minimum absolute atomic E-state index is 0.0656. The lowest BCUT2D eigenvalue weighted by atomic mass is 10.1. The SMILES string of the molecule is CC(=O)Nc1ccc(OC(=O)CCCCCCCCC(=O)Oc2ccc(NC(C)=O)cc2C(=O)OC(C)=O)c(C(=O)OC(C)=O)c1. The summed E-state index contributed by atoms with van der Waals surface area (Å²) < 4.78 is 19.8. The highest BCUT2D eigenvalue weighted by Gasteiger charge is 2.21. The van der Waals surface area contributed by atoms with Gasteiger partial charge in [0, 0.05) is 51.9 Å². The molecule has 2 aromatic rings. The summed E-state index contributed by atoms with van der Waals surface area (Å²) in [5.41, 5.74) is 0.130. The van der Waals surface area contributed by atoms with Gasteiger partial charge in [-0.1, -0.05) is 25.7 Å². The maximum Gasteiger partial charge on any atom is 0.349 e. The molecule has 0 spiro atoms. The number of unbranched alkanes of at least 4 members (excludes halogenated alkanes) is 5. The number of esters is 6. The molecule has 0 saturated heterocycles. The number of nitrogens with one attached hydrogen (secondary N) is 2. The molecule has 2 aromatic carbocycles. The van der Waals surface area contributed by atoms with Crippen molar-refractivity contribution < 1.29 is 57.3 Å². The molecule has 2 N–H and O–H groups in total. The van der Waals surface area contributed by atoms with E-state index in [1.54, 1.807) is 0 Å². The Kier molecular flexibility index (Phi) is 14.7. The standard InChI is InChI=1S/C32H36N2O12/c1-19(35)33-23-13-15-27(25(17-23)31(41)43-21(3)37)45-29(39)11-9-7-5-6-8-10-12-30(40)46-28-16-14-24(34-20(2)36)18-26(28)32(42)44-22(4)38/h13-18H,5-12H2,1-4H3,(H,33,35)(H,34,36). The van der Waals surface area contributed by atoms with Crippen LogP contribution in [0.1, 0.15) is 99.8 Å². The van der Waals surface area contributed by atoms with Crippen LogP contribution in [0.25, 0.3) is 0 Å². The Labute approximate surface area is 265 Å². The first-order valence-corrected chi connectivity index (χ1v) is 14.4. The van der Waals surface area contributed by atoms with Crippen LogP contribution in [-0.2, 0) is 38.2 Å². The molecule has 0 aliphatic carbocycles. The molecular formula is C32H36N2O12. The lowest BCUT2D eigenvalue weighted by Crippen LogP contribution is -2.15. The van der Waals surface area contributed by atoms with Gasteiger partial charge < -0.3 is 29.6 Å². The summed E-state index contributed by atoms with van der Waals surface area (Å²) >= 11 is 0. The van der Waals surface area contributed by atoms with E-state index in [9.17, 15) is 38.4 Å². The summed E-state index contributed by atoms with van der Waals surface area (Å²) in [4.78, 5) is 94.5. The molecule has 0 aliphatic heterocycles. The molecule has 0 radical (unpaired) electrons. The molecule has 246 valence electrons. The van der Waals surface area contributed by atoms with E-state index in [0.29, 0.717) is 25.7 Å². The van der Waals surface area contributed by atoms with Gasteiger partial charge >= 0.3 is 35.8 Å². The van der Waals surface area contributed by atoms with E-state index in [2.05, 4.69) is 20.1 Å². The van der Waals surface area contributed by atoms with E-state index < -0.39 is 35.8 Å². The van der Waals surface area contributed by atoms with E-state index >= 15 is 0 Å². The average molecular weight is 641 g/mol. The normalized spacial score (nSPS) is 10.3. The van der Waals surface area contributed by atoms with Gasteiger partial charge in [-0.15, -0.1) is 0 Å². The highest BCUT2D eigenvalue weighted by atomic mass is 16.6. The Morgan fingerprint density at radius 2 is 0.870 bits per heavy atom. The summed E-state index contributed by atoms with van der Waals surface area (Å²) in [6, 6.07) is 8.02. The first-order chi connectivity index (χ1) is 21.7. The third-order valence-corrected chi connectivity index (χ3v) is 5.97. The first kappa shape index (κ1) is 36.8. The monoisotopic (exact) mass is 640 g/mol. The van der Waals surface area contributed by atoms with E-state index in [4.69, 9.17) is 9.47 Å². The molecule has 0 unspecified atom stereocenters. The smallest absolute Gasteiger partial charge is 0.349 e. The van der Waals surface area contributed by atoms with Crippen LogP contribution < -0.4 is 20.1 Å². The van der Waals surface area contributed by atoms with Crippen LogP contribution in [0.2, 0.25) is 0 Å². The number of anilines is 2. The van der Waals surface area contributed by atoms with Gasteiger partial charge in [0.25, 0.3) is 0 Å². The van der Waals surface area contributed by atoms with Gasteiger partial charge in [0.15, 0.2) is 0 Å². The number of carbonyl (C=O) groups is 8. The topological polar surface area (TPSA) is 198 Å². The molecule has 14 nitrogen and oxygen atoms in total. The minimum Gasteiger partial charge on any atom is -0.426 e. The number of amides is 2. The Hall–Kier alpha value is -5.40. The lowest BCUT2D eigenvalue weighted by molar-refractivity contribution is -0.136. The highest BCUT2D eigenvalue weighted by Crippen LogP contribution is 2.26. The zero-order chi connectivity index (χ0) is 34.2. The predicted octanol–water partition coefficient (Wildman–Crippen LogP) is 4.64. The van der Waals surface area contributed by atoms with E-state index in [1.807, 2.05) is 0 Å². The quantitative estimate of drug-likeness (QED) is 0.119. The van der Waals surface area contributed by atoms with Crippen LogP contribution in [0.5, 0.6) is 11.5 Å². The van der Waals surface area contributed by atoms with Crippen molar-refractivity contribution in [3.05, 3.63) is 47.5 Å². The molecular weight excluding hydrogens is 604 g/mol. The van der Waals surface area contributed by atoms with E-state index in [1.165, 1.54) is 50.2 Å². The van der Waals surface area contributed by atoms with Crippen LogP contribution in [0.3, 0.4) is 0 Å². The van der Waals surface area contributed by atoms with E-state index in [-0.39, 0.29) is 58.7 Å². The van der Waals surface area contributed by atoms with Gasteiger partial charge in [0.2, 0.25) is 11.8 Å². The fourth-order valence-corrected chi connectivity index (χ4v) is 4.08. The molecule has 0 fully saturated rings. The second-order valence-corrected chi connectivity index (χ2v) is 10.1. The minimum atomic E-state index is -1.03. The Morgan fingerprint density at radius 3 is 1.20 bits per heavy atom. The zero-order valence-corrected chi connectivity index (χ0v) is 26.0. The van der Waals surface area contributed by atoms with Crippen LogP contribution in [0, 0.1) is 0 Å². The lowest BCUT2D eigenvalue weighted by Gasteiger charge is -2.11. The molecule has 0 aromatic heterocycles. The zero-order valence-electron chi connectivity index (χ0n) is 26.0. The fourth-order valence-electron chi connectivity index (χ4n) is 4.08. The van der Waals surface area contributed by atoms with Gasteiger partial charge in [0.05, 0.1) is 0 Å². The number of rotatable bonds is 15. The van der Waals surface area contributed by atoms with Gasteiger partial charge in [-0.25, -0.2) is 9.59 Å². The average Bonchev–Trinajstić information content (AvgIpc) is 2.94. The predicted molar refractivity (Wildman–Crippen MR) is 162 cm³/mol. The van der Waals surface area contributed by atoms with Crippen molar-refractivity contribution in [3.8, 4) is 11.5 Å². The van der Waals surface area contributed by atoms with Crippen molar-refractivity contribution in [2.24, 2.45) is 0 Å². The molecule has 2 amide bonds. The number of benzene rings is 2. The maximum atomic E-state index is 12.4. The van der Waals surface area contributed by atoms with Crippen molar-refractivity contribution in [1.82, 2.24) is 0 Å². The number of carbonyl (C=O) groups excluding carboxylic acids is 8. The van der Waals surface area contributed by atoms with E-state index in [0.717, 1.165) is 26.7 Å². The molecule has 0 saturated carbocycles. The van der Waals surface area contributed by atoms with Gasteiger partial charge in [-0.3, -0.25) is 28.8 Å².